The average molecular weight is 412 g/mol. The SMILES string of the molecule is Cc1ccoc1C(=O)NC1CCN(C(=O)c2oc3c(c2C)C(=O)CC(C)(C)C3)CC1. The summed E-state index contributed by atoms with van der Waals surface area (Å²) in [4.78, 5) is 39.7. The van der Waals surface area contributed by atoms with E-state index in [0.29, 0.717) is 61.4 Å². The molecule has 2 amide bonds. The minimum absolute atomic E-state index is 0.0145. The maximum Gasteiger partial charge on any atom is 0.289 e. The Balaban J connectivity index is 1.41. The van der Waals surface area contributed by atoms with Crippen LogP contribution in [0.25, 0.3) is 0 Å². The summed E-state index contributed by atoms with van der Waals surface area (Å²) in [6, 6.07) is 1.74. The second-order valence-electron chi connectivity index (χ2n) is 9.27. The first kappa shape index (κ1) is 20.4. The number of aryl methyl sites for hydroxylation is 1. The number of fused-ring (bicyclic) bond motifs is 1. The first-order chi connectivity index (χ1) is 14.2. The fourth-order valence-corrected chi connectivity index (χ4v) is 4.51. The van der Waals surface area contributed by atoms with Crippen molar-refractivity contribution < 1.29 is 23.2 Å². The van der Waals surface area contributed by atoms with Crippen molar-refractivity contribution in [1.29, 1.82) is 0 Å². The Morgan fingerprint density at radius 1 is 1.13 bits per heavy atom. The highest BCUT2D eigenvalue weighted by molar-refractivity contribution is 6.03. The van der Waals surface area contributed by atoms with E-state index in [2.05, 4.69) is 5.32 Å². The van der Waals surface area contributed by atoms with E-state index in [9.17, 15) is 14.4 Å². The fraction of sp³-hybridized carbons (Fsp3) is 0.522. The number of nitrogens with one attached hydrogen (secondary N) is 1. The van der Waals surface area contributed by atoms with Crippen LogP contribution in [0.2, 0.25) is 0 Å². The number of rotatable bonds is 3. The molecule has 2 aliphatic rings. The van der Waals surface area contributed by atoms with E-state index in [4.69, 9.17) is 8.83 Å². The molecular weight excluding hydrogens is 384 g/mol. The molecule has 0 spiro atoms. The van der Waals surface area contributed by atoms with Crippen LogP contribution in [0, 0.1) is 19.3 Å². The first-order valence-corrected chi connectivity index (χ1v) is 10.5. The number of carbonyl (C=O) groups excluding carboxylic acids is 3. The lowest BCUT2D eigenvalue weighted by Crippen LogP contribution is -2.46. The highest BCUT2D eigenvalue weighted by Crippen LogP contribution is 2.38. The fourth-order valence-electron chi connectivity index (χ4n) is 4.51. The van der Waals surface area contributed by atoms with Crippen LogP contribution in [-0.2, 0) is 6.42 Å². The molecule has 2 aromatic rings. The number of amides is 2. The van der Waals surface area contributed by atoms with E-state index in [0.717, 1.165) is 5.56 Å². The number of likely N-dealkylation sites (tertiary alicyclic amines) is 1. The van der Waals surface area contributed by atoms with Crippen LogP contribution in [0.1, 0.15) is 81.5 Å². The minimum atomic E-state index is -0.224. The predicted molar refractivity (Wildman–Crippen MR) is 110 cm³/mol. The Bertz CT molecular complexity index is 1000. The van der Waals surface area contributed by atoms with E-state index in [1.807, 2.05) is 20.8 Å². The van der Waals surface area contributed by atoms with Crippen molar-refractivity contribution in [2.75, 3.05) is 13.1 Å². The third kappa shape index (κ3) is 3.68. The van der Waals surface area contributed by atoms with Gasteiger partial charge in [-0.2, -0.15) is 0 Å². The van der Waals surface area contributed by atoms with Gasteiger partial charge in [0.2, 0.25) is 0 Å². The molecule has 0 bridgehead atoms. The Hall–Kier alpha value is -2.83. The molecule has 0 saturated carbocycles. The third-order valence-corrected chi connectivity index (χ3v) is 6.16. The number of Topliss-reactive ketones (excluding diaryl/α,β-unsaturated/α-hetero) is 1. The normalized spacial score (nSPS) is 18.9. The molecule has 2 aromatic heterocycles. The van der Waals surface area contributed by atoms with Gasteiger partial charge in [-0.3, -0.25) is 14.4 Å². The summed E-state index contributed by atoms with van der Waals surface area (Å²) in [6.07, 6.45) is 3.94. The quantitative estimate of drug-likeness (QED) is 0.830. The lowest BCUT2D eigenvalue weighted by molar-refractivity contribution is 0.0659. The number of nitrogens with zero attached hydrogens (tertiary/aromatic N) is 1. The number of ketones is 1. The summed E-state index contributed by atoms with van der Waals surface area (Å²) in [5.41, 5.74) is 1.89. The number of hydrogen-bond acceptors (Lipinski definition) is 5. The molecule has 30 heavy (non-hydrogen) atoms. The van der Waals surface area contributed by atoms with Crippen LogP contribution >= 0.6 is 0 Å². The monoisotopic (exact) mass is 412 g/mol. The van der Waals surface area contributed by atoms with E-state index >= 15 is 0 Å². The molecule has 0 unspecified atom stereocenters. The molecule has 160 valence electrons. The lowest BCUT2D eigenvalue weighted by Gasteiger charge is -2.31. The predicted octanol–water partition coefficient (Wildman–Crippen LogP) is 3.68. The van der Waals surface area contributed by atoms with Crippen LogP contribution in [0.3, 0.4) is 0 Å². The molecule has 7 heteroatoms. The number of furan rings is 2. The number of hydrogen-bond donors (Lipinski definition) is 1. The van der Waals surface area contributed by atoms with E-state index in [1.165, 1.54) is 6.26 Å². The van der Waals surface area contributed by atoms with Gasteiger partial charge in [-0.15, -0.1) is 0 Å². The van der Waals surface area contributed by atoms with E-state index in [1.54, 1.807) is 17.9 Å². The molecular formula is C23H28N2O5. The van der Waals surface area contributed by atoms with Crippen LogP contribution in [-0.4, -0.2) is 41.6 Å². The number of carbonyl (C=O) groups is 3. The zero-order valence-corrected chi connectivity index (χ0v) is 18.0. The first-order valence-electron chi connectivity index (χ1n) is 10.5. The molecule has 0 atom stereocenters. The van der Waals surface area contributed by atoms with Crippen molar-refractivity contribution in [3.8, 4) is 0 Å². The summed E-state index contributed by atoms with van der Waals surface area (Å²) >= 11 is 0. The third-order valence-electron chi connectivity index (χ3n) is 6.16. The van der Waals surface area contributed by atoms with Crippen molar-refractivity contribution >= 4 is 17.6 Å². The van der Waals surface area contributed by atoms with Gasteiger partial charge in [-0.1, -0.05) is 13.8 Å². The van der Waals surface area contributed by atoms with Gasteiger partial charge in [0.05, 0.1) is 11.8 Å². The van der Waals surface area contributed by atoms with Gasteiger partial charge in [0.15, 0.2) is 17.3 Å². The summed E-state index contributed by atoms with van der Waals surface area (Å²) < 4.78 is 11.2. The van der Waals surface area contributed by atoms with Gasteiger partial charge in [0.25, 0.3) is 11.8 Å². The van der Waals surface area contributed by atoms with Crippen molar-refractivity contribution in [1.82, 2.24) is 10.2 Å². The van der Waals surface area contributed by atoms with Crippen molar-refractivity contribution in [3.63, 3.8) is 0 Å². The smallest absolute Gasteiger partial charge is 0.289 e. The Kier molecular flexibility index (Phi) is 5.08. The zero-order valence-electron chi connectivity index (χ0n) is 18.0. The van der Waals surface area contributed by atoms with Crippen LogP contribution < -0.4 is 5.32 Å². The van der Waals surface area contributed by atoms with Crippen molar-refractivity contribution in [3.05, 3.63) is 46.3 Å². The zero-order chi connectivity index (χ0) is 21.6. The summed E-state index contributed by atoms with van der Waals surface area (Å²) in [6.45, 7) is 8.74. The van der Waals surface area contributed by atoms with Gasteiger partial charge < -0.3 is 19.1 Å². The molecule has 1 saturated heterocycles. The Morgan fingerprint density at radius 2 is 1.83 bits per heavy atom. The van der Waals surface area contributed by atoms with Crippen molar-refractivity contribution in [2.24, 2.45) is 5.41 Å². The second kappa shape index (κ2) is 7.45. The Morgan fingerprint density at radius 3 is 2.47 bits per heavy atom. The number of piperidine rings is 1. The van der Waals surface area contributed by atoms with Gasteiger partial charge in [-0.25, -0.2) is 0 Å². The summed E-state index contributed by atoms with van der Waals surface area (Å²) in [5.74, 6) is 0.888. The second-order valence-corrected chi connectivity index (χ2v) is 9.27. The Labute approximate surface area is 175 Å². The van der Waals surface area contributed by atoms with Gasteiger partial charge in [0, 0.05) is 43.1 Å². The molecule has 0 radical (unpaired) electrons. The largest absolute Gasteiger partial charge is 0.459 e. The topological polar surface area (TPSA) is 92.8 Å². The molecule has 1 N–H and O–H groups in total. The maximum atomic E-state index is 13.1. The van der Waals surface area contributed by atoms with E-state index in [-0.39, 0.29) is 34.8 Å². The van der Waals surface area contributed by atoms with Gasteiger partial charge in [-0.05, 0) is 38.2 Å². The van der Waals surface area contributed by atoms with Gasteiger partial charge >= 0.3 is 0 Å². The van der Waals surface area contributed by atoms with E-state index < -0.39 is 0 Å². The maximum absolute atomic E-state index is 13.1. The standard InChI is InChI=1S/C23H28N2O5/c1-13-7-10-29-19(13)21(27)24-15-5-8-25(9-6-15)22(28)20-14(2)18-16(26)11-23(3,4)12-17(18)30-20/h7,10,15H,5-6,8-9,11-12H2,1-4H3,(H,24,27). The molecule has 1 fully saturated rings. The minimum Gasteiger partial charge on any atom is -0.459 e. The van der Waals surface area contributed by atoms with Crippen LogP contribution in [0.5, 0.6) is 0 Å². The van der Waals surface area contributed by atoms with Crippen molar-refractivity contribution in [2.45, 2.75) is 59.4 Å². The van der Waals surface area contributed by atoms with Gasteiger partial charge in [0.1, 0.15) is 5.76 Å². The molecule has 0 aromatic carbocycles. The molecule has 4 rings (SSSR count). The molecule has 3 heterocycles. The molecule has 1 aliphatic carbocycles. The summed E-state index contributed by atoms with van der Waals surface area (Å²) in [5, 5.41) is 2.99. The van der Waals surface area contributed by atoms with Crippen LogP contribution in [0.15, 0.2) is 21.2 Å². The molecule has 7 nitrogen and oxygen atoms in total. The molecule has 1 aliphatic heterocycles. The highest BCUT2D eigenvalue weighted by Gasteiger charge is 2.38. The summed E-state index contributed by atoms with van der Waals surface area (Å²) in [7, 11) is 0. The lowest BCUT2D eigenvalue weighted by atomic mass is 9.76. The van der Waals surface area contributed by atoms with Crippen LogP contribution in [0.4, 0.5) is 0 Å². The highest BCUT2D eigenvalue weighted by atomic mass is 16.4. The average Bonchev–Trinajstić information content (AvgIpc) is 3.24.